The second-order valence-corrected chi connectivity index (χ2v) is 6.88. The number of rotatable bonds is 5. The van der Waals surface area contributed by atoms with Gasteiger partial charge in [0.15, 0.2) is 0 Å². The van der Waals surface area contributed by atoms with Crippen molar-refractivity contribution in [3.63, 3.8) is 0 Å². The summed E-state index contributed by atoms with van der Waals surface area (Å²) in [5, 5.41) is 6.40. The molecular weight excluding hydrogens is 282 g/mol. The number of thioether (sulfide) groups is 1. The van der Waals surface area contributed by atoms with Gasteiger partial charge in [0.05, 0.1) is 0 Å². The molecular formula is C16H25N3OS. The van der Waals surface area contributed by atoms with Gasteiger partial charge in [-0.05, 0) is 32.0 Å². The molecule has 0 saturated carbocycles. The fourth-order valence-corrected chi connectivity index (χ4v) is 3.24. The van der Waals surface area contributed by atoms with Crippen molar-refractivity contribution in [2.75, 3.05) is 35.3 Å². The van der Waals surface area contributed by atoms with Gasteiger partial charge in [-0.1, -0.05) is 6.07 Å². The van der Waals surface area contributed by atoms with Crippen LogP contribution in [0.4, 0.5) is 11.4 Å². The van der Waals surface area contributed by atoms with Crippen LogP contribution < -0.4 is 15.5 Å². The topological polar surface area (TPSA) is 44.4 Å². The minimum absolute atomic E-state index is 0.0827. The molecule has 0 bridgehead atoms. The molecule has 2 rings (SSSR count). The molecule has 1 aliphatic rings. The first kappa shape index (κ1) is 16.2. The molecule has 0 spiro atoms. The van der Waals surface area contributed by atoms with E-state index in [-0.39, 0.29) is 5.91 Å². The Morgan fingerprint density at radius 1 is 1.52 bits per heavy atom. The number of carbonyl (C=O) groups excluding carboxylic acids is 1. The highest BCUT2D eigenvalue weighted by molar-refractivity contribution is 7.99. The predicted octanol–water partition coefficient (Wildman–Crippen LogP) is 2.56. The van der Waals surface area contributed by atoms with Crippen molar-refractivity contribution >= 4 is 29.0 Å². The molecule has 5 heteroatoms. The van der Waals surface area contributed by atoms with Crippen molar-refractivity contribution in [2.24, 2.45) is 0 Å². The Morgan fingerprint density at radius 2 is 2.33 bits per heavy atom. The molecule has 21 heavy (non-hydrogen) atoms. The minimum atomic E-state index is 0.0827. The maximum Gasteiger partial charge on any atom is 0.225 e. The van der Waals surface area contributed by atoms with Crippen molar-refractivity contribution in [1.82, 2.24) is 5.32 Å². The monoisotopic (exact) mass is 307 g/mol. The van der Waals surface area contributed by atoms with Gasteiger partial charge in [0.2, 0.25) is 5.91 Å². The molecule has 1 saturated heterocycles. The number of amides is 1. The fraction of sp³-hybridized carbons (Fsp3) is 0.562. The molecule has 1 atom stereocenters. The summed E-state index contributed by atoms with van der Waals surface area (Å²) in [7, 11) is 2.06. The molecule has 4 nitrogen and oxygen atoms in total. The van der Waals surface area contributed by atoms with Crippen LogP contribution in [-0.2, 0) is 4.79 Å². The Balaban J connectivity index is 1.92. The van der Waals surface area contributed by atoms with E-state index in [9.17, 15) is 4.79 Å². The first-order chi connectivity index (χ1) is 10.1. The van der Waals surface area contributed by atoms with Crippen LogP contribution in [0.5, 0.6) is 0 Å². The number of hydrogen-bond donors (Lipinski definition) is 2. The van der Waals surface area contributed by atoms with Crippen molar-refractivity contribution in [3.8, 4) is 0 Å². The van der Waals surface area contributed by atoms with E-state index in [1.54, 1.807) is 0 Å². The second kappa shape index (κ2) is 7.71. The van der Waals surface area contributed by atoms with E-state index in [4.69, 9.17) is 0 Å². The van der Waals surface area contributed by atoms with Gasteiger partial charge in [-0.15, -0.1) is 0 Å². The summed E-state index contributed by atoms with van der Waals surface area (Å²) in [6.07, 6.45) is 0.539. The van der Waals surface area contributed by atoms with Gasteiger partial charge in [0, 0.05) is 55.0 Å². The van der Waals surface area contributed by atoms with E-state index in [2.05, 4.69) is 42.5 Å². The van der Waals surface area contributed by atoms with Gasteiger partial charge < -0.3 is 15.5 Å². The molecule has 2 N–H and O–H groups in total. The number of carbonyl (C=O) groups is 1. The van der Waals surface area contributed by atoms with E-state index in [0.717, 1.165) is 29.4 Å². The van der Waals surface area contributed by atoms with Gasteiger partial charge >= 0.3 is 0 Å². The summed E-state index contributed by atoms with van der Waals surface area (Å²) in [5.74, 6) is 2.24. The zero-order valence-corrected chi connectivity index (χ0v) is 13.9. The van der Waals surface area contributed by atoms with Crippen LogP contribution in [0.1, 0.15) is 20.3 Å². The van der Waals surface area contributed by atoms with Gasteiger partial charge in [-0.25, -0.2) is 0 Å². The largest absolute Gasteiger partial charge is 0.372 e. The molecule has 0 aromatic heterocycles. The number of nitrogens with zero attached hydrogens (tertiary/aromatic N) is 1. The Morgan fingerprint density at radius 3 is 3.00 bits per heavy atom. The maximum absolute atomic E-state index is 12.1. The molecule has 1 aromatic rings. The van der Waals surface area contributed by atoms with Gasteiger partial charge in [0.1, 0.15) is 0 Å². The third kappa shape index (κ3) is 4.93. The quantitative estimate of drug-likeness (QED) is 0.877. The van der Waals surface area contributed by atoms with E-state index in [1.807, 2.05) is 30.0 Å². The van der Waals surface area contributed by atoms with Crippen LogP contribution in [0.2, 0.25) is 0 Å². The van der Waals surface area contributed by atoms with Crippen LogP contribution in [0, 0.1) is 0 Å². The van der Waals surface area contributed by atoms with Crippen LogP contribution in [0.15, 0.2) is 24.3 Å². The van der Waals surface area contributed by atoms with Crippen molar-refractivity contribution < 1.29 is 4.79 Å². The average molecular weight is 307 g/mol. The van der Waals surface area contributed by atoms with Gasteiger partial charge in [-0.3, -0.25) is 4.79 Å². The predicted molar refractivity (Wildman–Crippen MR) is 92.3 cm³/mol. The highest BCUT2D eigenvalue weighted by Crippen LogP contribution is 2.20. The van der Waals surface area contributed by atoms with Crippen LogP contribution in [-0.4, -0.2) is 43.1 Å². The summed E-state index contributed by atoms with van der Waals surface area (Å²) >= 11 is 1.91. The molecule has 1 amide bonds. The highest BCUT2D eigenvalue weighted by atomic mass is 32.2. The summed E-state index contributed by atoms with van der Waals surface area (Å²) < 4.78 is 0. The SMILES string of the molecule is CC(C)N(C)c1cccc(NC(=O)CC2CSCCN2)c1. The zero-order chi connectivity index (χ0) is 15.2. The molecule has 1 unspecified atom stereocenters. The van der Waals surface area contributed by atoms with Crippen LogP contribution >= 0.6 is 11.8 Å². The van der Waals surface area contributed by atoms with Crippen LogP contribution in [0.3, 0.4) is 0 Å². The normalized spacial score (nSPS) is 18.6. The highest BCUT2D eigenvalue weighted by Gasteiger charge is 2.16. The Kier molecular flexibility index (Phi) is 5.94. The van der Waals surface area contributed by atoms with Gasteiger partial charge in [-0.2, -0.15) is 11.8 Å². The Hall–Kier alpha value is -1.20. The molecule has 1 aliphatic heterocycles. The van der Waals surface area contributed by atoms with Crippen molar-refractivity contribution in [2.45, 2.75) is 32.4 Å². The summed E-state index contributed by atoms with van der Waals surface area (Å²) in [5.41, 5.74) is 1.99. The number of anilines is 2. The standard InChI is InChI=1S/C16H25N3OS/c1-12(2)19(3)15-6-4-5-13(9-15)18-16(20)10-14-11-21-8-7-17-14/h4-6,9,12,14,17H,7-8,10-11H2,1-3H3,(H,18,20). The van der Waals surface area contributed by atoms with Crippen molar-refractivity contribution in [3.05, 3.63) is 24.3 Å². The molecule has 1 aromatic carbocycles. The smallest absolute Gasteiger partial charge is 0.225 e. The fourth-order valence-electron chi connectivity index (χ4n) is 2.29. The third-order valence-corrected chi connectivity index (χ3v) is 4.87. The molecule has 0 radical (unpaired) electrons. The summed E-state index contributed by atoms with van der Waals surface area (Å²) in [6.45, 7) is 5.30. The van der Waals surface area contributed by atoms with Gasteiger partial charge in [0.25, 0.3) is 0 Å². The zero-order valence-electron chi connectivity index (χ0n) is 13.1. The lowest BCUT2D eigenvalue weighted by Crippen LogP contribution is -2.39. The lowest BCUT2D eigenvalue weighted by molar-refractivity contribution is -0.116. The number of hydrogen-bond acceptors (Lipinski definition) is 4. The molecule has 1 heterocycles. The first-order valence-electron chi connectivity index (χ1n) is 7.50. The molecule has 1 fully saturated rings. The maximum atomic E-state index is 12.1. The van der Waals surface area contributed by atoms with Crippen LogP contribution in [0.25, 0.3) is 0 Å². The average Bonchev–Trinajstić information content (AvgIpc) is 2.47. The number of nitrogens with one attached hydrogen (secondary N) is 2. The van der Waals surface area contributed by atoms with E-state index < -0.39 is 0 Å². The summed E-state index contributed by atoms with van der Waals surface area (Å²) in [6, 6.07) is 8.75. The second-order valence-electron chi connectivity index (χ2n) is 5.73. The van der Waals surface area contributed by atoms with E-state index in [0.29, 0.717) is 18.5 Å². The number of benzene rings is 1. The third-order valence-electron chi connectivity index (χ3n) is 3.74. The van der Waals surface area contributed by atoms with Crippen molar-refractivity contribution in [1.29, 1.82) is 0 Å². The summed E-state index contributed by atoms with van der Waals surface area (Å²) in [4.78, 5) is 14.3. The van der Waals surface area contributed by atoms with E-state index in [1.165, 1.54) is 0 Å². The Labute approximate surface area is 131 Å². The Bertz CT molecular complexity index is 472. The molecule has 116 valence electrons. The minimum Gasteiger partial charge on any atom is -0.372 e. The first-order valence-corrected chi connectivity index (χ1v) is 8.65. The molecule has 0 aliphatic carbocycles. The van der Waals surface area contributed by atoms with E-state index >= 15 is 0 Å². The lowest BCUT2D eigenvalue weighted by Gasteiger charge is -2.24. The lowest BCUT2D eigenvalue weighted by atomic mass is 10.2.